The summed E-state index contributed by atoms with van der Waals surface area (Å²) in [6.45, 7) is 3.93. The largest absolute Gasteiger partial charge is 0.339 e. The van der Waals surface area contributed by atoms with Crippen LogP contribution in [0.15, 0.2) is 36.5 Å². The van der Waals surface area contributed by atoms with Crippen LogP contribution in [-0.4, -0.2) is 32.6 Å². The number of hydrogen-bond donors (Lipinski definition) is 0. The Morgan fingerprint density at radius 2 is 1.74 bits per heavy atom. The van der Waals surface area contributed by atoms with Crippen LogP contribution in [0.3, 0.4) is 0 Å². The Kier molecular flexibility index (Phi) is 3.69. The van der Waals surface area contributed by atoms with Gasteiger partial charge in [0.2, 0.25) is 0 Å². The molecule has 0 saturated heterocycles. The molecule has 0 aliphatic carbocycles. The van der Waals surface area contributed by atoms with Crippen LogP contribution in [0.4, 0.5) is 0 Å². The van der Waals surface area contributed by atoms with Crippen LogP contribution in [0.5, 0.6) is 0 Å². The Labute approximate surface area is 132 Å². The van der Waals surface area contributed by atoms with E-state index in [4.69, 9.17) is 4.84 Å². The third-order valence-corrected chi connectivity index (χ3v) is 3.47. The standard InChI is InChI=1S/C16H15N3O4/c1-10(2)18-8-7-11(17-18)9-14(20)23-19-15(21)12-5-3-4-6-13(12)16(19)22/h3-8,10H,9H2,1-2H3. The Morgan fingerprint density at radius 3 is 2.26 bits per heavy atom. The van der Waals surface area contributed by atoms with E-state index >= 15 is 0 Å². The number of aromatic nitrogens is 2. The molecule has 0 bridgehead atoms. The van der Waals surface area contributed by atoms with Gasteiger partial charge in [0.05, 0.1) is 23.2 Å². The van der Waals surface area contributed by atoms with Crippen molar-refractivity contribution in [2.24, 2.45) is 0 Å². The summed E-state index contributed by atoms with van der Waals surface area (Å²) in [6.07, 6.45) is 1.64. The second-order valence-corrected chi connectivity index (χ2v) is 5.47. The maximum absolute atomic E-state index is 12.1. The Balaban J connectivity index is 1.69. The first kappa shape index (κ1) is 15.0. The Bertz CT molecular complexity index is 759. The topological polar surface area (TPSA) is 81.5 Å². The molecule has 1 aliphatic rings. The molecule has 0 fully saturated rings. The molecule has 2 heterocycles. The van der Waals surface area contributed by atoms with Crippen molar-refractivity contribution < 1.29 is 19.2 Å². The third kappa shape index (κ3) is 2.73. The number of fused-ring (bicyclic) bond motifs is 1. The smallest absolute Gasteiger partial charge is 0.329 e. The van der Waals surface area contributed by atoms with Gasteiger partial charge in [0.1, 0.15) is 0 Å². The first-order chi connectivity index (χ1) is 11.0. The zero-order chi connectivity index (χ0) is 16.6. The average molecular weight is 313 g/mol. The van der Waals surface area contributed by atoms with Crippen LogP contribution in [-0.2, 0) is 16.1 Å². The number of amides is 2. The maximum atomic E-state index is 12.1. The molecule has 0 radical (unpaired) electrons. The number of imide groups is 1. The van der Waals surface area contributed by atoms with Gasteiger partial charge < -0.3 is 4.84 Å². The molecule has 3 rings (SSSR count). The summed E-state index contributed by atoms with van der Waals surface area (Å²) in [4.78, 5) is 41.1. The van der Waals surface area contributed by atoms with Gasteiger partial charge in [-0.15, -0.1) is 0 Å². The van der Waals surface area contributed by atoms with E-state index in [2.05, 4.69) is 5.10 Å². The highest BCUT2D eigenvalue weighted by Gasteiger charge is 2.38. The number of rotatable bonds is 4. The lowest BCUT2D eigenvalue weighted by Gasteiger charge is -2.12. The molecule has 1 aromatic heterocycles. The van der Waals surface area contributed by atoms with Crippen molar-refractivity contribution in [1.29, 1.82) is 0 Å². The van der Waals surface area contributed by atoms with E-state index in [1.807, 2.05) is 13.8 Å². The van der Waals surface area contributed by atoms with Crippen LogP contribution in [0.25, 0.3) is 0 Å². The summed E-state index contributed by atoms with van der Waals surface area (Å²) in [6, 6.07) is 8.21. The minimum Gasteiger partial charge on any atom is -0.329 e. The van der Waals surface area contributed by atoms with Crippen LogP contribution in [0.1, 0.15) is 46.3 Å². The van der Waals surface area contributed by atoms with Gasteiger partial charge in [-0.1, -0.05) is 17.2 Å². The van der Waals surface area contributed by atoms with E-state index in [1.54, 1.807) is 29.1 Å². The van der Waals surface area contributed by atoms with Gasteiger partial charge in [0.15, 0.2) is 0 Å². The molecular formula is C16H15N3O4. The van der Waals surface area contributed by atoms with Gasteiger partial charge in [0, 0.05) is 12.2 Å². The molecule has 118 valence electrons. The zero-order valence-electron chi connectivity index (χ0n) is 12.7. The lowest BCUT2D eigenvalue weighted by atomic mass is 10.1. The van der Waals surface area contributed by atoms with Crippen molar-refractivity contribution >= 4 is 17.8 Å². The minimum absolute atomic E-state index is 0.118. The quantitative estimate of drug-likeness (QED) is 0.803. The van der Waals surface area contributed by atoms with Crippen molar-refractivity contribution in [3.8, 4) is 0 Å². The monoisotopic (exact) mass is 313 g/mol. The van der Waals surface area contributed by atoms with Crippen molar-refractivity contribution in [3.05, 3.63) is 53.3 Å². The summed E-state index contributed by atoms with van der Waals surface area (Å²) in [7, 11) is 0. The lowest BCUT2D eigenvalue weighted by molar-refractivity contribution is -0.167. The number of carbonyl (C=O) groups is 3. The molecule has 2 aromatic rings. The number of benzene rings is 1. The predicted molar refractivity (Wildman–Crippen MR) is 79.4 cm³/mol. The molecule has 1 aromatic carbocycles. The molecule has 7 heteroatoms. The van der Waals surface area contributed by atoms with E-state index in [-0.39, 0.29) is 23.6 Å². The van der Waals surface area contributed by atoms with Gasteiger partial charge in [-0.2, -0.15) is 5.10 Å². The average Bonchev–Trinajstić information content (AvgIpc) is 3.07. The molecule has 2 amide bonds. The first-order valence-electron chi connectivity index (χ1n) is 7.20. The van der Waals surface area contributed by atoms with E-state index in [0.717, 1.165) is 0 Å². The number of carbonyl (C=O) groups excluding carboxylic acids is 3. The fraction of sp³-hybridized carbons (Fsp3) is 0.250. The van der Waals surface area contributed by atoms with Gasteiger partial charge in [-0.25, -0.2) is 4.79 Å². The molecule has 0 N–H and O–H groups in total. The van der Waals surface area contributed by atoms with Crippen LogP contribution in [0.2, 0.25) is 0 Å². The maximum Gasteiger partial charge on any atom is 0.339 e. The first-order valence-corrected chi connectivity index (χ1v) is 7.20. The highest BCUT2D eigenvalue weighted by Crippen LogP contribution is 2.22. The van der Waals surface area contributed by atoms with Crippen molar-refractivity contribution in [1.82, 2.24) is 14.8 Å². The van der Waals surface area contributed by atoms with E-state index in [1.165, 1.54) is 12.1 Å². The van der Waals surface area contributed by atoms with Gasteiger partial charge in [-0.3, -0.25) is 14.3 Å². The van der Waals surface area contributed by atoms with Crippen LogP contribution >= 0.6 is 0 Å². The van der Waals surface area contributed by atoms with Gasteiger partial charge in [-0.05, 0) is 32.0 Å². The summed E-state index contributed by atoms with van der Waals surface area (Å²) in [5.41, 5.74) is 0.976. The lowest BCUT2D eigenvalue weighted by Crippen LogP contribution is -2.33. The normalized spacial score (nSPS) is 13.6. The molecular weight excluding hydrogens is 298 g/mol. The highest BCUT2D eigenvalue weighted by atomic mass is 16.7. The number of nitrogens with zero attached hydrogens (tertiary/aromatic N) is 3. The highest BCUT2D eigenvalue weighted by molar-refractivity contribution is 6.20. The Hall–Kier alpha value is -2.96. The summed E-state index contributed by atoms with van der Waals surface area (Å²) in [5.74, 6) is -1.98. The van der Waals surface area contributed by atoms with Crippen molar-refractivity contribution in [2.45, 2.75) is 26.3 Å². The second-order valence-electron chi connectivity index (χ2n) is 5.47. The SMILES string of the molecule is CC(C)n1ccc(CC(=O)ON2C(=O)c3ccccc3C2=O)n1. The minimum atomic E-state index is -0.714. The summed E-state index contributed by atoms with van der Waals surface area (Å²) >= 11 is 0. The Morgan fingerprint density at radius 1 is 1.13 bits per heavy atom. The molecule has 7 nitrogen and oxygen atoms in total. The van der Waals surface area contributed by atoms with E-state index in [0.29, 0.717) is 10.8 Å². The molecule has 0 atom stereocenters. The molecule has 0 saturated carbocycles. The van der Waals surface area contributed by atoms with Crippen LogP contribution in [0, 0.1) is 0 Å². The van der Waals surface area contributed by atoms with Crippen molar-refractivity contribution in [3.63, 3.8) is 0 Å². The number of hydroxylamine groups is 2. The van der Waals surface area contributed by atoms with E-state index < -0.39 is 17.8 Å². The predicted octanol–water partition coefficient (Wildman–Crippen LogP) is 1.76. The summed E-state index contributed by atoms with van der Waals surface area (Å²) in [5, 5.41) is 4.74. The fourth-order valence-corrected chi connectivity index (χ4v) is 2.29. The zero-order valence-corrected chi connectivity index (χ0v) is 12.7. The van der Waals surface area contributed by atoms with Gasteiger partial charge >= 0.3 is 5.97 Å². The molecule has 0 unspecified atom stereocenters. The molecule has 23 heavy (non-hydrogen) atoms. The van der Waals surface area contributed by atoms with Gasteiger partial charge in [0.25, 0.3) is 11.8 Å². The summed E-state index contributed by atoms with van der Waals surface area (Å²) < 4.78 is 1.71. The number of hydrogen-bond acceptors (Lipinski definition) is 5. The van der Waals surface area contributed by atoms with Crippen molar-refractivity contribution in [2.75, 3.05) is 0 Å². The second kappa shape index (κ2) is 5.68. The third-order valence-electron chi connectivity index (χ3n) is 3.47. The molecule has 1 aliphatic heterocycles. The molecule has 0 spiro atoms. The van der Waals surface area contributed by atoms with E-state index in [9.17, 15) is 14.4 Å². The fourth-order valence-electron chi connectivity index (χ4n) is 2.29. The van der Waals surface area contributed by atoms with Crippen LogP contribution < -0.4 is 0 Å².